The highest BCUT2D eigenvalue weighted by Gasteiger charge is 2.38. The molecule has 198 valence electrons. The Kier molecular flexibility index (Phi) is 10.6. The van der Waals surface area contributed by atoms with Crippen LogP contribution in [0.15, 0.2) is 43.5 Å². The number of fused-ring (bicyclic) bond motifs is 1. The predicted molar refractivity (Wildman–Crippen MR) is 143 cm³/mol. The normalized spacial score (nSPS) is 21.9. The van der Waals surface area contributed by atoms with Gasteiger partial charge in [-0.2, -0.15) is 0 Å². The summed E-state index contributed by atoms with van der Waals surface area (Å²) in [6, 6.07) is 5.81. The summed E-state index contributed by atoms with van der Waals surface area (Å²) >= 11 is 0. The third kappa shape index (κ3) is 6.98. The second-order valence-corrected chi connectivity index (χ2v) is 10.2. The molecule has 4 atom stereocenters. The van der Waals surface area contributed by atoms with Gasteiger partial charge in [-0.1, -0.05) is 32.1 Å². The van der Waals surface area contributed by atoms with Gasteiger partial charge in [-0.25, -0.2) is 0 Å². The molecular formula is C29H43N3O4. The highest BCUT2D eigenvalue weighted by atomic mass is 16.5. The van der Waals surface area contributed by atoms with E-state index in [0.717, 1.165) is 38.0 Å². The van der Waals surface area contributed by atoms with Gasteiger partial charge in [0.05, 0.1) is 19.8 Å². The Morgan fingerprint density at radius 1 is 1.22 bits per heavy atom. The van der Waals surface area contributed by atoms with E-state index in [1.165, 1.54) is 11.1 Å². The summed E-state index contributed by atoms with van der Waals surface area (Å²) in [7, 11) is 1.67. The Balaban J connectivity index is 1.49. The number of methoxy groups -OCH3 is 1. The lowest BCUT2D eigenvalue weighted by molar-refractivity contribution is -0.139. The van der Waals surface area contributed by atoms with Crippen molar-refractivity contribution < 1.29 is 19.1 Å². The zero-order chi connectivity index (χ0) is 26.1. The quantitative estimate of drug-likeness (QED) is 0.279. The van der Waals surface area contributed by atoms with Crippen LogP contribution in [0.2, 0.25) is 0 Å². The molecule has 36 heavy (non-hydrogen) atoms. The zero-order valence-corrected chi connectivity index (χ0v) is 22.1. The number of likely N-dealkylation sites (tertiary alicyclic amines) is 1. The number of nitrogens with zero attached hydrogens (tertiary/aromatic N) is 1. The average molecular weight is 498 g/mol. The minimum Gasteiger partial charge on any atom is -0.497 e. The fourth-order valence-corrected chi connectivity index (χ4v) is 5.37. The molecular weight excluding hydrogens is 454 g/mol. The van der Waals surface area contributed by atoms with E-state index in [2.05, 4.69) is 49.8 Å². The first-order chi connectivity index (χ1) is 17.4. The summed E-state index contributed by atoms with van der Waals surface area (Å²) in [5.74, 6) is 1.34. The van der Waals surface area contributed by atoms with Crippen LogP contribution in [-0.4, -0.2) is 56.1 Å². The fourth-order valence-electron chi connectivity index (χ4n) is 5.37. The van der Waals surface area contributed by atoms with E-state index in [1.54, 1.807) is 24.2 Å². The number of benzene rings is 1. The number of rotatable bonds is 15. The van der Waals surface area contributed by atoms with Gasteiger partial charge in [0.2, 0.25) is 11.8 Å². The smallest absolute Gasteiger partial charge is 0.243 e. The Labute approximate surface area is 216 Å². The van der Waals surface area contributed by atoms with Crippen molar-refractivity contribution in [3.8, 4) is 5.75 Å². The van der Waals surface area contributed by atoms with Gasteiger partial charge in [0.1, 0.15) is 11.8 Å². The van der Waals surface area contributed by atoms with Crippen molar-refractivity contribution in [2.75, 3.05) is 33.4 Å². The lowest BCUT2D eigenvalue weighted by Gasteiger charge is -2.27. The lowest BCUT2D eigenvalue weighted by Crippen LogP contribution is -2.48. The zero-order valence-electron chi connectivity index (χ0n) is 22.1. The van der Waals surface area contributed by atoms with Gasteiger partial charge in [0.25, 0.3) is 0 Å². The minimum absolute atomic E-state index is 0.0262. The van der Waals surface area contributed by atoms with Gasteiger partial charge in [-0.3, -0.25) is 9.59 Å². The molecule has 2 amide bonds. The summed E-state index contributed by atoms with van der Waals surface area (Å²) in [6.45, 7) is 14.3. The van der Waals surface area contributed by atoms with E-state index in [9.17, 15) is 9.59 Å². The molecule has 2 N–H and O–H groups in total. The minimum atomic E-state index is -0.475. The SMILES string of the molecule is C=CCO[C@@H]1C[C@H](NCCCNC(=O)[C@H](CC=C)N2CC[C@H](CC(C)C)C2=O)c2cc(OC)ccc21. The highest BCUT2D eigenvalue weighted by molar-refractivity contribution is 5.89. The van der Waals surface area contributed by atoms with E-state index in [0.29, 0.717) is 32.0 Å². The van der Waals surface area contributed by atoms with Gasteiger partial charge < -0.3 is 25.0 Å². The number of carbonyl (C=O) groups excluding carboxylic acids is 2. The topological polar surface area (TPSA) is 79.9 Å². The molecule has 0 aromatic heterocycles. The molecule has 2 aliphatic rings. The maximum absolute atomic E-state index is 13.0. The fraction of sp³-hybridized carbons (Fsp3) is 0.586. The first kappa shape index (κ1) is 27.9. The summed E-state index contributed by atoms with van der Waals surface area (Å²) < 4.78 is 11.4. The van der Waals surface area contributed by atoms with E-state index >= 15 is 0 Å². The molecule has 0 unspecified atom stereocenters. The van der Waals surface area contributed by atoms with Crippen molar-refractivity contribution in [1.82, 2.24) is 15.5 Å². The predicted octanol–water partition coefficient (Wildman–Crippen LogP) is 4.32. The van der Waals surface area contributed by atoms with Crippen LogP contribution < -0.4 is 15.4 Å². The molecule has 1 fully saturated rings. The van der Waals surface area contributed by atoms with E-state index < -0.39 is 6.04 Å². The van der Waals surface area contributed by atoms with E-state index in [1.807, 2.05) is 6.07 Å². The van der Waals surface area contributed by atoms with Crippen LogP contribution in [0.3, 0.4) is 0 Å². The van der Waals surface area contributed by atoms with Gasteiger partial charge >= 0.3 is 0 Å². The average Bonchev–Trinajstić information content (AvgIpc) is 3.39. The summed E-state index contributed by atoms with van der Waals surface area (Å²) in [5, 5.41) is 6.66. The van der Waals surface area contributed by atoms with Crippen LogP contribution in [0, 0.1) is 11.8 Å². The Bertz CT molecular complexity index is 916. The van der Waals surface area contributed by atoms with Crippen LogP contribution in [0.4, 0.5) is 0 Å². The van der Waals surface area contributed by atoms with Crippen LogP contribution in [0.5, 0.6) is 5.75 Å². The molecule has 1 aliphatic heterocycles. The molecule has 0 radical (unpaired) electrons. The second kappa shape index (κ2) is 13.6. The molecule has 1 heterocycles. The highest BCUT2D eigenvalue weighted by Crippen LogP contribution is 2.42. The Morgan fingerprint density at radius 2 is 2.03 bits per heavy atom. The van der Waals surface area contributed by atoms with E-state index in [-0.39, 0.29) is 29.9 Å². The largest absolute Gasteiger partial charge is 0.497 e. The number of hydrogen-bond donors (Lipinski definition) is 2. The van der Waals surface area contributed by atoms with Crippen molar-refractivity contribution in [3.05, 3.63) is 54.6 Å². The van der Waals surface area contributed by atoms with E-state index in [4.69, 9.17) is 9.47 Å². The van der Waals surface area contributed by atoms with Crippen LogP contribution >= 0.6 is 0 Å². The van der Waals surface area contributed by atoms with Gasteiger partial charge in [0.15, 0.2) is 0 Å². The van der Waals surface area contributed by atoms with Crippen molar-refractivity contribution in [3.63, 3.8) is 0 Å². The van der Waals surface area contributed by atoms with Gasteiger partial charge in [-0.15, -0.1) is 13.2 Å². The van der Waals surface area contributed by atoms with Gasteiger partial charge in [0, 0.05) is 25.0 Å². The molecule has 7 heteroatoms. The molecule has 0 bridgehead atoms. The number of hydrogen-bond acceptors (Lipinski definition) is 5. The van der Waals surface area contributed by atoms with Crippen LogP contribution in [0.25, 0.3) is 0 Å². The van der Waals surface area contributed by atoms with Crippen LogP contribution in [0.1, 0.15) is 69.2 Å². The molecule has 1 saturated heterocycles. The lowest BCUT2D eigenvalue weighted by atomic mass is 9.96. The number of amides is 2. The van der Waals surface area contributed by atoms with Crippen molar-refractivity contribution >= 4 is 11.8 Å². The first-order valence-electron chi connectivity index (χ1n) is 13.2. The molecule has 3 rings (SSSR count). The van der Waals surface area contributed by atoms with Crippen molar-refractivity contribution in [2.24, 2.45) is 11.8 Å². The maximum Gasteiger partial charge on any atom is 0.243 e. The van der Waals surface area contributed by atoms with Crippen molar-refractivity contribution in [2.45, 2.75) is 64.1 Å². The maximum atomic E-state index is 13.0. The summed E-state index contributed by atoms with van der Waals surface area (Å²) in [5.41, 5.74) is 2.38. The molecule has 0 saturated carbocycles. The van der Waals surface area contributed by atoms with Crippen LogP contribution in [-0.2, 0) is 14.3 Å². The second-order valence-electron chi connectivity index (χ2n) is 10.2. The summed E-state index contributed by atoms with van der Waals surface area (Å²) in [6.07, 6.45) is 7.32. The molecule has 1 aromatic rings. The number of carbonyl (C=O) groups is 2. The standard InChI is InChI=1S/C29H43N3O4/c1-6-9-26(32-15-12-21(29(32)34)17-20(3)4)28(33)31-14-8-13-30-25-19-27(36-16-7-2)23-11-10-22(35-5)18-24(23)25/h6-7,10-11,18,20-21,25-27,30H,1-2,8-9,12-17,19H2,3-5H3,(H,31,33)/t21-,25+,26+,27-/m1/s1. The summed E-state index contributed by atoms with van der Waals surface area (Å²) in [4.78, 5) is 27.6. The molecule has 1 aromatic carbocycles. The third-order valence-electron chi connectivity index (χ3n) is 7.10. The third-order valence-corrected chi connectivity index (χ3v) is 7.10. The molecule has 7 nitrogen and oxygen atoms in total. The van der Waals surface area contributed by atoms with Gasteiger partial charge in [-0.05, 0) is 67.8 Å². The Hall–Kier alpha value is -2.64. The number of nitrogens with one attached hydrogen (secondary N) is 2. The molecule has 0 spiro atoms. The monoisotopic (exact) mass is 497 g/mol. The Morgan fingerprint density at radius 3 is 2.72 bits per heavy atom. The first-order valence-corrected chi connectivity index (χ1v) is 13.2. The number of ether oxygens (including phenoxy) is 2. The van der Waals surface area contributed by atoms with Crippen molar-refractivity contribution in [1.29, 1.82) is 0 Å². The molecule has 1 aliphatic carbocycles.